The molecule has 0 bridgehead atoms. The second kappa shape index (κ2) is 7.30. The van der Waals surface area contributed by atoms with Crippen LogP contribution < -0.4 is 4.90 Å². The van der Waals surface area contributed by atoms with Crippen molar-refractivity contribution in [3.63, 3.8) is 0 Å². The van der Waals surface area contributed by atoms with E-state index < -0.39 is 11.5 Å². The number of Topliss-reactive ketones (excluding diaryl/α,β-unsaturated/α-hetero) is 1. The number of ketones is 1. The zero-order valence-corrected chi connectivity index (χ0v) is 16.6. The lowest BCUT2D eigenvalue weighted by molar-refractivity contribution is -0.136. The number of carbonyl (C=O) groups is 2. The third-order valence-electron chi connectivity index (χ3n) is 5.58. The predicted molar refractivity (Wildman–Crippen MR) is 113 cm³/mol. The van der Waals surface area contributed by atoms with Crippen LogP contribution in [0.1, 0.15) is 39.0 Å². The van der Waals surface area contributed by atoms with Crippen LogP contribution >= 0.6 is 0 Å². The summed E-state index contributed by atoms with van der Waals surface area (Å²) >= 11 is 0. The van der Waals surface area contributed by atoms with Crippen LogP contribution in [0.2, 0.25) is 0 Å². The Labute approximate surface area is 170 Å². The molecule has 4 rings (SSSR count). The molecule has 0 spiro atoms. The molecule has 0 fully saturated rings. The lowest BCUT2D eigenvalue weighted by Gasteiger charge is -2.23. The van der Waals surface area contributed by atoms with Gasteiger partial charge in [-0.15, -0.1) is 0 Å². The van der Waals surface area contributed by atoms with Crippen molar-refractivity contribution in [2.45, 2.75) is 32.4 Å². The van der Waals surface area contributed by atoms with E-state index in [0.717, 1.165) is 16.7 Å². The Morgan fingerprint density at radius 3 is 2.38 bits per heavy atom. The molecule has 1 N–H and O–H groups in total. The smallest absolute Gasteiger partial charge is 0.264 e. The first-order valence-electron chi connectivity index (χ1n) is 9.68. The number of anilines is 1. The summed E-state index contributed by atoms with van der Waals surface area (Å²) in [7, 11) is 0. The van der Waals surface area contributed by atoms with Gasteiger partial charge in [-0.2, -0.15) is 0 Å². The first kappa shape index (κ1) is 19.1. The molecule has 0 unspecified atom stereocenters. The highest BCUT2D eigenvalue weighted by Gasteiger charge is 2.50. The lowest BCUT2D eigenvalue weighted by atomic mass is 9.88. The third-order valence-corrected chi connectivity index (χ3v) is 5.58. The molecular weight excluding hydrogens is 362 g/mol. The van der Waals surface area contributed by atoms with E-state index in [0.29, 0.717) is 23.4 Å². The van der Waals surface area contributed by atoms with Crippen molar-refractivity contribution in [1.29, 1.82) is 0 Å². The Bertz CT molecular complexity index is 1090. The number of benzene rings is 3. The number of nitrogens with zero attached hydrogens (tertiary/aromatic N) is 1. The van der Waals surface area contributed by atoms with Gasteiger partial charge in [0.1, 0.15) is 0 Å². The zero-order valence-electron chi connectivity index (χ0n) is 16.6. The molecule has 4 heteroatoms. The number of aliphatic hydroxyl groups is 1. The normalized spacial score (nSPS) is 18.0. The van der Waals surface area contributed by atoms with Gasteiger partial charge in [0.2, 0.25) is 0 Å². The average molecular weight is 385 g/mol. The summed E-state index contributed by atoms with van der Waals surface area (Å²) in [5.74, 6) is -0.715. The van der Waals surface area contributed by atoms with Crippen LogP contribution in [0, 0.1) is 13.8 Å². The van der Waals surface area contributed by atoms with E-state index in [2.05, 4.69) is 6.07 Å². The monoisotopic (exact) mass is 385 g/mol. The molecule has 1 amide bonds. The summed E-state index contributed by atoms with van der Waals surface area (Å²) in [4.78, 5) is 27.7. The standard InChI is InChI=1S/C25H23NO3/c1-17-12-13-20(18(2)14-17)16-26-22-11-7-6-10-21(22)25(29,24(26)28)15-23(27)19-8-4-3-5-9-19/h3-14,29H,15-16H2,1-2H3/t25-/m0/s1. The summed E-state index contributed by atoms with van der Waals surface area (Å²) in [6.07, 6.45) is -0.282. The van der Waals surface area contributed by atoms with Crippen LogP contribution in [0.3, 0.4) is 0 Å². The Morgan fingerprint density at radius 1 is 0.966 bits per heavy atom. The number of para-hydroxylation sites is 1. The van der Waals surface area contributed by atoms with Crippen molar-refractivity contribution in [2.24, 2.45) is 0 Å². The fraction of sp³-hybridized carbons (Fsp3) is 0.200. The topological polar surface area (TPSA) is 57.6 Å². The van der Waals surface area contributed by atoms with Crippen LogP contribution in [-0.2, 0) is 16.9 Å². The number of amides is 1. The van der Waals surface area contributed by atoms with Crippen LogP contribution in [0.15, 0.2) is 72.8 Å². The minimum absolute atomic E-state index is 0.260. The molecule has 0 aliphatic carbocycles. The Morgan fingerprint density at radius 2 is 1.66 bits per heavy atom. The van der Waals surface area contributed by atoms with Gasteiger partial charge < -0.3 is 10.0 Å². The molecule has 1 atom stereocenters. The molecule has 4 nitrogen and oxygen atoms in total. The van der Waals surface area contributed by atoms with Crippen molar-refractivity contribution in [1.82, 2.24) is 0 Å². The van der Waals surface area contributed by atoms with E-state index in [1.54, 1.807) is 41.3 Å². The molecule has 29 heavy (non-hydrogen) atoms. The maximum atomic E-state index is 13.4. The summed E-state index contributed by atoms with van der Waals surface area (Å²) in [6, 6.07) is 22.0. The molecule has 0 saturated carbocycles. The molecular formula is C25H23NO3. The molecule has 1 heterocycles. The number of fused-ring (bicyclic) bond motifs is 1. The number of rotatable bonds is 5. The molecule has 0 aromatic heterocycles. The van der Waals surface area contributed by atoms with Crippen LogP contribution in [0.25, 0.3) is 0 Å². The third kappa shape index (κ3) is 3.36. The quantitative estimate of drug-likeness (QED) is 0.666. The highest BCUT2D eigenvalue weighted by molar-refractivity contribution is 6.10. The maximum Gasteiger partial charge on any atom is 0.264 e. The van der Waals surface area contributed by atoms with Gasteiger partial charge in [-0.05, 0) is 31.0 Å². The fourth-order valence-corrected chi connectivity index (χ4v) is 3.99. The Balaban J connectivity index is 1.69. The SMILES string of the molecule is Cc1ccc(CN2C(=O)[C@](O)(CC(=O)c3ccccc3)c3ccccc32)c(C)c1. The van der Waals surface area contributed by atoms with Crippen LogP contribution in [0.5, 0.6) is 0 Å². The van der Waals surface area contributed by atoms with E-state index in [9.17, 15) is 14.7 Å². The minimum Gasteiger partial charge on any atom is -0.375 e. The largest absolute Gasteiger partial charge is 0.375 e. The molecule has 0 radical (unpaired) electrons. The lowest BCUT2D eigenvalue weighted by Crippen LogP contribution is -2.41. The van der Waals surface area contributed by atoms with Gasteiger partial charge in [0.25, 0.3) is 5.91 Å². The maximum absolute atomic E-state index is 13.4. The van der Waals surface area contributed by atoms with Gasteiger partial charge in [0.15, 0.2) is 11.4 Å². The number of hydrogen-bond acceptors (Lipinski definition) is 3. The predicted octanol–water partition coefficient (Wildman–Crippen LogP) is 4.31. The highest BCUT2D eigenvalue weighted by Crippen LogP contribution is 2.43. The summed E-state index contributed by atoms with van der Waals surface area (Å²) in [5.41, 5.74) is 3.02. The van der Waals surface area contributed by atoms with Gasteiger partial charge in [-0.25, -0.2) is 0 Å². The zero-order chi connectivity index (χ0) is 20.6. The number of aryl methyl sites for hydroxylation is 2. The number of hydrogen-bond donors (Lipinski definition) is 1. The van der Waals surface area contributed by atoms with E-state index in [4.69, 9.17) is 0 Å². The number of carbonyl (C=O) groups excluding carboxylic acids is 2. The van der Waals surface area contributed by atoms with Crippen molar-refractivity contribution >= 4 is 17.4 Å². The second-order valence-electron chi connectivity index (χ2n) is 7.66. The minimum atomic E-state index is -1.86. The van der Waals surface area contributed by atoms with Crippen LogP contribution in [-0.4, -0.2) is 16.8 Å². The molecule has 0 saturated heterocycles. The van der Waals surface area contributed by atoms with Gasteiger partial charge in [0.05, 0.1) is 18.7 Å². The summed E-state index contributed by atoms with van der Waals surface area (Å²) < 4.78 is 0. The molecule has 146 valence electrons. The van der Waals surface area contributed by atoms with Crippen molar-refractivity contribution in [3.05, 3.63) is 101 Å². The molecule has 1 aliphatic heterocycles. The van der Waals surface area contributed by atoms with Crippen molar-refractivity contribution in [3.8, 4) is 0 Å². The van der Waals surface area contributed by atoms with Gasteiger partial charge in [0, 0.05) is 11.1 Å². The van der Waals surface area contributed by atoms with Gasteiger partial charge in [-0.1, -0.05) is 72.3 Å². The molecule has 3 aromatic rings. The van der Waals surface area contributed by atoms with E-state index in [1.807, 2.05) is 44.2 Å². The Hall–Kier alpha value is -3.24. The first-order valence-corrected chi connectivity index (χ1v) is 9.68. The summed E-state index contributed by atoms with van der Waals surface area (Å²) in [5, 5.41) is 11.4. The molecule has 3 aromatic carbocycles. The van der Waals surface area contributed by atoms with Crippen molar-refractivity contribution < 1.29 is 14.7 Å². The van der Waals surface area contributed by atoms with E-state index in [1.165, 1.54) is 0 Å². The second-order valence-corrected chi connectivity index (χ2v) is 7.66. The fourth-order valence-electron chi connectivity index (χ4n) is 3.99. The highest BCUT2D eigenvalue weighted by atomic mass is 16.3. The van der Waals surface area contributed by atoms with Gasteiger partial charge >= 0.3 is 0 Å². The van der Waals surface area contributed by atoms with E-state index >= 15 is 0 Å². The van der Waals surface area contributed by atoms with Crippen LogP contribution in [0.4, 0.5) is 5.69 Å². The van der Waals surface area contributed by atoms with Gasteiger partial charge in [-0.3, -0.25) is 9.59 Å². The first-order chi connectivity index (χ1) is 13.9. The summed E-state index contributed by atoms with van der Waals surface area (Å²) in [6.45, 7) is 4.39. The average Bonchev–Trinajstić information content (AvgIpc) is 2.92. The molecule has 1 aliphatic rings. The van der Waals surface area contributed by atoms with E-state index in [-0.39, 0.29) is 12.2 Å². The van der Waals surface area contributed by atoms with Crippen molar-refractivity contribution in [2.75, 3.05) is 4.90 Å². The Kier molecular flexibility index (Phi) is 4.81.